The third kappa shape index (κ3) is 2.74. The highest BCUT2D eigenvalue weighted by Crippen LogP contribution is 2.12. The topological polar surface area (TPSA) is 42.4 Å². The number of morpholine rings is 1. The molecule has 1 amide bonds. The summed E-state index contributed by atoms with van der Waals surface area (Å²) in [5, 5.41) is 1.10. The van der Waals surface area contributed by atoms with Crippen molar-refractivity contribution in [1.82, 2.24) is 9.88 Å². The molecule has 0 N–H and O–H groups in total. The van der Waals surface area contributed by atoms with Crippen molar-refractivity contribution >= 4 is 16.8 Å². The largest absolute Gasteiger partial charge is 0.378 e. The molecule has 0 saturated carbocycles. The number of hydrogen-bond donors (Lipinski definition) is 0. The lowest BCUT2D eigenvalue weighted by atomic mass is 10.1. The zero-order chi connectivity index (χ0) is 13.1. The van der Waals surface area contributed by atoms with E-state index in [1.54, 1.807) is 0 Å². The Hall–Kier alpha value is -1.94. The highest BCUT2D eigenvalue weighted by Gasteiger charge is 2.17. The normalized spacial score (nSPS) is 15.7. The summed E-state index contributed by atoms with van der Waals surface area (Å²) < 4.78 is 5.25. The summed E-state index contributed by atoms with van der Waals surface area (Å²) in [6.45, 7) is 2.65. The van der Waals surface area contributed by atoms with E-state index in [0.29, 0.717) is 32.7 Å². The van der Waals surface area contributed by atoms with Gasteiger partial charge in [-0.15, -0.1) is 0 Å². The van der Waals surface area contributed by atoms with E-state index in [-0.39, 0.29) is 5.91 Å². The highest BCUT2D eigenvalue weighted by molar-refractivity contribution is 5.81. The van der Waals surface area contributed by atoms with E-state index in [4.69, 9.17) is 4.74 Å². The van der Waals surface area contributed by atoms with Crippen LogP contribution in [0.3, 0.4) is 0 Å². The van der Waals surface area contributed by atoms with Gasteiger partial charge in [-0.25, -0.2) is 0 Å². The molecule has 0 unspecified atom stereocenters. The van der Waals surface area contributed by atoms with Gasteiger partial charge >= 0.3 is 0 Å². The molecule has 98 valence electrons. The van der Waals surface area contributed by atoms with Crippen molar-refractivity contribution in [2.75, 3.05) is 26.3 Å². The van der Waals surface area contributed by atoms with E-state index in [9.17, 15) is 4.79 Å². The van der Waals surface area contributed by atoms with Crippen molar-refractivity contribution in [3.05, 3.63) is 42.1 Å². The van der Waals surface area contributed by atoms with Gasteiger partial charge in [-0.2, -0.15) is 0 Å². The number of carbonyl (C=O) groups is 1. The summed E-state index contributed by atoms with van der Waals surface area (Å²) in [4.78, 5) is 18.5. The Kier molecular flexibility index (Phi) is 3.42. The first-order valence-electron chi connectivity index (χ1n) is 6.53. The van der Waals surface area contributed by atoms with Crippen LogP contribution >= 0.6 is 0 Å². The fourth-order valence-corrected chi connectivity index (χ4v) is 2.29. The van der Waals surface area contributed by atoms with Crippen molar-refractivity contribution < 1.29 is 9.53 Å². The van der Waals surface area contributed by atoms with Crippen LogP contribution in [-0.4, -0.2) is 42.1 Å². The summed E-state index contributed by atoms with van der Waals surface area (Å²) in [5.74, 6) is 0.131. The highest BCUT2D eigenvalue weighted by atomic mass is 16.5. The molecule has 1 fully saturated rings. The molecule has 0 atom stereocenters. The third-order valence-electron chi connectivity index (χ3n) is 3.35. The maximum Gasteiger partial charge on any atom is 0.228 e. The predicted octanol–water partition coefficient (Wildman–Crippen LogP) is 1.64. The van der Waals surface area contributed by atoms with Crippen LogP contribution in [0.2, 0.25) is 0 Å². The zero-order valence-electron chi connectivity index (χ0n) is 10.7. The second-order valence-electron chi connectivity index (χ2n) is 4.67. The molecule has 3 rings (SSSR count). The molecule has 4 heteroatoms. The number of para-hydroxylation sites is 1. The van der Waals surface area contributed by atoms with E-state index < -0.39 is 0 Å². The first kappa shape index (κ1) is 12.1. The molecule has 0 spiro atoms. The average molecular weight is 256 g/mol. The lowest BCUT2D eigenvalue weighted by Crippen LogP contribution is -2.41. The molecular formula is C15H16N2O2. The monoisotopic (exact) mass is 256 g/mol. The number of nitrogens with zero attached hydrogens (tertiary/aromatic N) is 2. The molecular weight excluding hydrogens is 240 g/mol. The number of amides is 1. The van der Waals surface area contributed by atoms with Gasteiger partial charge in [0.2, 0.25) is 5.91 Å². The van der Waals surface area contributed by atoms with Crippen LogP contribution < -0.4 is 0 Å². The van der Waals surface area contributed by atoms with E-state index in [1.165, 1.54) is 0 Å². The fraction of sp³-hybridized carbons (Fsp3) is 0.333. The molecule has 1 aliphatic rings. The lowest BCUT2D eigenvalue weighted by molar-refractivity contribution is -0.134. The van der Waals surface area contributed by atoms with Gasteiger partial charge in [-0.3, -0.25) is 9.78 Å². The number of rotatable bonds is 2. The minimum Gasteiger partial charge on any atom is -0.378 e. The fourth-order valence-electron chi connectivity index (χ4n) is 2.29. The van der Waals surface area contributed by atoms with Gasteiger partial charge in [0.25, 0.3) is 0 Å². The number of fused-ring (bicyclic) bond motifs is 1. The Morgan fingerprint density at radius 1 is 1.16 bits per heavy atom. The number of benzene rings is 1. The molecule has 1 saturated heterocycles. The van der Waals surface area contributed by atoms with Crippen LogP contribution in [0.5, 0.6) is 0 Å². The summed E-state index contributed by atoms with van der Waals surface area (Å²) in [6.07, 6.45) is 0.366. The SMILES string of the molecule is O=C(Cc1ccc2ccccc2n1)N1CCOCC1. The van der Waals surface area contributed by atoms with E-state index in [1.807, 2.05) is 41.3 Å². The summed E-state index contributed by atoms with van der Waals surface area (Å²) in [6, 6.07) is 11.9. The molecule has 0 radical (unpaired) electrons. The van der Waals surface area contributed by atoms with Crippen molar-refractivity contribution in [2.45, 2.75) is 6.42 Å². The van der Waals surface area contributed by atoms with Crippen molar-refractivity contribution in [2.24, 2.45) is 0 Å². The average Bonchev–Trinajstić information content (AvgIpc) is 2.48. The van der Waals surface area contributed by atoms with E-state index in [2.05, 4.69) is 4.98 Å². The molecule has 0 aliphatic carbocycles. The first-order valence-corrected chi connectivity index (χ1v) is 6.53. The first-order chi connectivity index (χ1) is 9.33. The Morgan fingerprint density at radius 2 is 1.95 bits per heavy atom. The minimum atomic E-state index is 0.131. The van der Waals surface area contributed by atoms with Crippen molar-refractivity contribution in [3.63, 3.8) is 0 Å². The number of pyridine rings is 1. The molecule has 1 aromatic carbocycles. The Morgan fingerprint density at radius 3 is 2.79 bits per heavy atom. The second-order valence-corrected chi connectivity index (χ2v) is 4.67. The van der Waals surface area contributed by atoms with Gasteiger partial charge in [0, 0.05) is 18.5 Å². The van der Waals surface area contributed by atoms with Crippen LogP contribution in [0.1, 0.15) is 5.69 Å². The molecule has 1 aromatic heterocycles. The van der Waals surface area contributed by atoms with Gasteiger partial charge in [0.05, 0.1) is 30.8 Å². The standard InChI is InChI=1S/C15H16N2O2/c18-15(17-7-9-19-10-8-17)11-13-6-5-12-3-1-2-4-14(12)16-13/h1-6H,7-11H2. The Labute approximate surface area is 112 Å². The van der Waals surface area contributed by atoms with Crippen LogP contribution in [0, 0.1) is 0 Å². The van der Waals surface area contributed by atoms with Crippen LogP contribution in [0.25, 0.3) is 10.9 Å². The van der Waals surface area contributed by atoms with E-state index in [0.717, 1.165) is 16.6 Å². The number of ether oxygens (including phenoxy) is 1. The number of hydrogen-bond acceptors (Lipinski definition) is 3. The lowest BCUT2D eigenvalue weighted by Gasteiger charge is -2.26. The van der Waals surface area contributed by atoms with Gasteiger partial charge < -0.3 is 9.64 Å². The van der Waals surface area contributed by atoms with Crippen molar-refractivity contribution in [1.29, 1.82) is 0 Å². The van der Waals surface area contributed by atoms with Crippen LogP contribution in [0.15, 0.2) is 36.4 Å². The van der Waals surface area contributed by atoms with Gasteiger partial charge in [-0.1, -0.05) is 24.3 Å². The predicted molar refractivity (Wildman–Crippen MR) is 72.8 cm³/mol. The van der Waals surface area contributed by atoms with Gasteiger partial charge in [-0.05, 0) is 12.1 Å². The number of aromatic nitrogens is 1. The summed E-state index contributed by atoms with van der Waals surface area (Å²) in [5.41, 5.74) is 1.77. The second kappa shape index (κ2) is 5.36. The van der Waals surface area contributed by atoms with Gasteiger partial charge in [0.1, 0.15) is 0 Å². The van der Waals surface area contributed by atoms with Crippen molar-refractivity contribution in [3.8, 4) is 0 Å². The molecule has 0 bridgehead atoms. The summed E-state index contributed by atoms with van der Waals surface area (Å²) in [7, 11) is 0. The summed E-state index contributed by atoms with van der Waals surface area (Å²) >= 11 is 0. The maximum absolute atomic E-state index is 12.1. The maximum atomic E-state index is 12.1. The third-order valence-corrected chi connectivity index (χ3v) is 3.35. The molecule has 4 nitrogen and oxygen atoms in total. The molecule has 19 heavy (non-hydrogen) atoms. The molecule has 2 heterocycles. The molecule has 1 aliphatic heterocycles. The van der Waals surface area contributed by atoms with Crippen LogP contribution in [0.4, 0.5) is 0 Å². The van der Waals surface area contributed by atoms with Crippen LogP contribution in [-0.2, 0) is 16.0 Å². The number of carbonyl (C=O) groups excluding carboxylic acids is 1. The zero-order valence-corrected chi connectivity index (χ0v) is 10.7. The Balaban J connectivity index is 1.75. The quantitative estimate of drug-likeness (QED) is 0.820. The minimum absolute atomic E-state index is 0.131. The van der Waals surface area contributed by atoms with Gasteiger partial charge in [0.15, 0.2) is 0 Å². The Bertz CT molecular complexity index is 591. The van der Waals surface area contributed by atoms with E-state index >= 15 is 0 Å². The molecule has 2 aromatic rings. The smallest absolute Gasteiger partial charge is 0.228 e.